The number of halogens is 1. The highest BCUT2D eigenvalue weighted by Gasteiger charge is 2.36. The lowest BCUT2D eigenvalue weighted by atomic mass is 9.76. The van der Waals surface area contributed by atoms with Crippen molar-refractivity contribution in [2.75, 3.05) is 18.0 Å². The molecule has 1 aromatic rings. The second-order valence-electron chi connectivity index (χ2n) is 5.94. The minimum atomic E-state index is -1.10. The Labute approximate surface area is 106 Å². The number of carbonyl (C=O) groups is 1. The number of rotatable bonds is 2. The predicted octanol–water partition coefficient (Wildman–Crippen LogP) is 3.01. The number of benzene rings is 1. The van der Waals surface area contributed by atoms with E-state index >= 15 is 0 Å². The summed E-state index contributed by atoms with van der Waals surface area (Å²) >= 11 is 0. The van der Waals surface area contributed by atoms with Crippen LogP contribution in [0.1, 0.15) is 31.1 Å². The Morgan fingerprint density at radius 1 is 1.39 bits per heavy atom. The maximum atomic E-state index is 13.8. The average Bonchev–Trinajstić information content (AvgIpc) is 2.15. The number of anilines is 1. The zero-order valence-corrected chi connectivity index (χ0v) is 10.9. The summed E-state index contributed by atoms with van der Waals surface area (Å²) in [7, 11) is 0. The van der Waals surface area contributed by atoms with Crippen molar-refractivity contribution in [3.05, 3.63) is 29.6 Å². The summed E-state index contributed by atoms with van der Waals surface area (Å²) in [6.45, 7) is 8.19. The van der Waals surface area contributed by atoms with Crippen LogP contribution in [0.25, 0.3) is 0 Å². The van der Waals surface area contributed by atoms with Crippen molar-refractivity contribution in [2.24, 2.45) is 11.3 Å². The third kappa shape index (κ3) is 2.33. The standard InChI is InChI=1S/C14H18FNO2/c1-14(2,3)10-7-16(8-10)12-5-4-9(13(17)18)6-11(12)15/h4-6,10H,7-8H2,1-3H3,(H,17,18). The van der Waals surface area contributed by atoms with E-state index in [9.17, 15) is 9.18 Å². The van der Waals surface area contributed by atoms with E-state index in [-0.39, 0.29) is 11.0 Å². The van der Waals surface area contributed by atoms with Crippen molar-refractivity contribution in [1.29, 1.82) is 0 Å². The zero-order valence-electron chi connectivity index (χ0n) is 10.9. The lowest BCUT2D eigenvalue weighted by Gasteiger charge is -2.47. The summed E-state index contributed by atoms with van der Waals surface area (Å²) in [4.78, 5) is 12.7. The fraction of sp³-hybridized carbons (Fsp3) is 0.500. The van der Waals surface area contributed by atoms with Gasteiger partial charge < -0.3 is 10.0 Å². The molecule has 1 N–H and O–H groups in total. The van der Waals surface area contributed by atoms with E-state index in [1.165, 1.54) is 6.07 Å². The van der Waals surface area contributed by atoms with E-state index in [0.717, 1.165) is 19.2 Å². The molecule has 1 aliphatic rings. The predicted molar refractivity (Wildman–Crippen MR) is 68.5 cm³/mol. The average molecular weight is 251 g/mol. The first kappa shape index (κ1) is 12.9. The van der Waals surface area contributed by atoms with E-state index in [4.69, 9.17) is 5.11 Å². The molecule has 0 spiro atoms. The van der Waals surface area contributed by atoms with Gasteiger partial charge in [0.1, 0.15) is 5.82 Å². The van der Waals surface area contributed by atoms with Crippen molar-refractivity contribution in [3.8, 4) is 0 Å². The van der Waals surface area contributed by atoms with Crippen LogP contribution in [0, 0.1) is 17.2 Å². The van der Waals surface area contributed by atoms with Crippen LogP contribution in [0.2, 0.25) is 0 Å². The number of hydrogen-bond acceptors (Lipinski definition) is 2. The third-order valence-corrected chi connectivity index (χ3v) is 3.64. The first-order chi connectivity index (χ1) is 8.29. The third-order valence-electron chi connectivity index (χ3n) is 3.64. The van der Waals surface area contributed by atoms with Gasteiger partial charge in [0, 0.05) is 13.1 Å². The van der Waals surface area contributed by atoms with Crippen LogP contribution in [-0.4, -0.2) is 24.2 Å². The van der Waals surface area contributed by atoms with Gasteiger partial charge in [-0.3, -0.25) is 0 Å². The zero-order chi connectivity index (χ0) is 13.5. The maximum absolute atomic E-state index is 13.8. The quantitative estimate of drug-likeness (QED) is 0.878. The van der Waals surface area contributed by atoms with Crippen LogP contribution in [0.15, 0.2) is 18.2 Å². The van der Waals surface area contributed by atoms with Crippen molar-refractivity contribution in [3.63, 3.8) is 0 Å². The summed E-state index contributed by atoms with van der Waals surface area (Å²) < 4.78 is 13.8. The second kappa shape index (κ2) is 4.26. The molecule has 4 heteroatoms. The van der Waals surface area contributed by atoms with Crippen molar-refractivity contribution >= 4 is 11.7 Å². The molecule has 0 atom stereocenters. The Morgan fingerprint density at radius 2 is 2.00 bits per heavy atom. The monoisotopic (exact) mass is 251 g/mol. The van der Waals surface area contributed by atoms with Crippen LogP contribution in [0.4, 0.5) is 10.1 Å². The van der Waals surface area contributed by atoms with Gasteiger partial charge in [0.25, 0.3) is 0 Å². The minimum Gasteiger partial charge on any atom is -0.478 e. The lowest BCUT2D eigenvalue weighted by molar-refractivity contribution is 0.0696. The first-order valence-corrected chi connectivity index (χ1v) is 6.07. The van der Waals surface area contributed by atoms with E-state index in [0.29, 0.717) is 11.6 Å². The molecule has 1 fully saturated rings. The highest BCUT2D eigenvalue weighted by Crippen LogP contribution is 2.37. The minimum absolute atomic E-state index is 0.0101. The molecule has 18 heavy (non-hydrogen) atoms. The smallest absolute Gasteiger partial charge is 0.335 e. The Kier molecular flexibility index (Phi) is 3.05. The molecule has 1 aliphatic heterocycles. The number of carboxylic acids is 1. The molecule has 0 aliphatic carbocycles. The molecule has 3 nitrogen and oxygen atoms in total. The molecule has 0 aromatic heterocycles. The van der Waals surface area contributed by atoms with Gasteiger partial charge in [0.2, 0.25) is 0 Å². The van der Waals surface area contributed by atoms with Crippen LogP contribution in [0.5, 0.6) is 0 Å². The highest BCUT2D eigenvalue weighted by molar-refractivity contribution is 5.88. The summed E-state index contributed by atoms with van der Waals surface area (Å²) in [5, 5.41) is 8.78. The van der Waals surface area contributed by atoms with Gasteiger partial charge >= 0.3 is 5.97 Å². The lowest BCUT2D eigenvalue weighted by Crippen LogP contribution is -2.52. The molecule has 1 saturated heterocycles. The molecule has 1 heterocycles. The van der Waals surface area contributed by atoms with Gasteiger partial charge in [0.05, 0.1) is 11.3 Å². The summed E-state index contributed by atoms with van der Waals surface area (Å²) in [6, 6.07) is 4.09. The van der Waals surface area contributed by atoms with E-state index in [2.05, 4.69) is 20.8 Å². The first-order valence-electron chi connectivity index (χ1n) is 6.07. The highest BCUT2D eigenvalue weighted by atomic mass is 19.1. The molecular formula is C14H18FNO2. The van der Waals surface area contributed by atoms with Crippen molar-refractivity contribution < 1.29 is 14.3 Å². The molecule has 0 radical (unpaired) electrons. The number of hydrogen-bond donors (Lipinski definition) is 1. The maximum Gasteiger partial charge on any atom is 0.335 e. The largest absolute Gasteiger partial charge is 0.478 e. The van der Waals surface area contributed by atoms with E-state index < -0.39 is 11.8 Å². The topological polar surface area (TPSA) is 40.5 Å². The Bertz CT molecular complexity index is 473. The molecule has 2 rings (SSSR count). The molecule has 1 aromatic carbocycles. The summed E-state index contributed by atoms with van der Waals surface area (Å²) in [6.07, 6.45) is 0. The van der Waals surface area contributed by atoms with Gasteiger partial charge in [-0.15, -0.1) is 0 Å². The van der Waals surface area contributed by atoms with Crippen LogP contribution in [-0.2, 0) is 0 Å². The molecule has 0 unspecified atom stereocenters. The fourth-order valence-electron chi connectivity index (χ4n) is 2.12. The molecule has 98 valence electrons. The summed E-state index contributed by atoms with van der Waals surface area (Å²) in [5.74, 6) is -1.00. The van der Waals surface area contributed by atoms with Gasteiger partial charge in [-0.25, -0.2) is 9.18 Å². The normalized spacial score (nSPS) is 16.6. The van der Waals surface area contributed by atoms with Gasteiger partial charge in [-0.1, -0.05) is 20.8 Å². The second-order valence-corrected chi connectivity index (χ2v) is 5.94. The number of carboxylic acid groups (broad SMARTS) is 1. The van der Waals surface area contributed by atoms with Gasteiger partial charge in [-0.2, -0.15) is 0 Å². The molecule has 0 bridgehead atoms. The van der Waals surface area contributed by atoms with Crippen molar-refractivity contribution in [1.82, 2.24) is 0 Å². The van der Waals surface area contributed by atoms with E-state index in [1.807, 2.05) is 4.90 Å². The Hall–Kier alpha value is -1.58. The van der Waals surface area contributed by atoms with Crippen LogP contribution in [0.3, 0.4) is 0 Å². The molecule has 0 saturated carbocycles. The van der Waals surface area contributed by atoms with Crippen LogP contribution >= 0.6 is 0 Å². The summed E-state index contributed by atoms with van der Waals surface area (Å²) in [5.41, 5.74) is 0.721. The Morgan fingerprint density at radius 3 is 2.44 bits per heavy atom. The van der Waals surface area contributed by atoms with Gasteiger partial charge in [0.15, 0.2) is 0 Å². The fourth-order valence-corrected chi connectivity index (χ4v) is 2.12. The van der Waals surface area contributed by atoms with Crippen molar-refractivity contribution in [2.45, 2.75) is 20.8 Å². The number of nitrogens with zero attached hydrogens (tertiary/aromatic N) is 1. The van der Waals surface area contributed by atoms with E-state index in [1.54, 1.807) is 6.07 Å². The molecular weight excluding hydrogens is 233 g/mol. The number of aromatic carboxylic acids is 1. The SMILES string of the molecule is CC(C)(C)C1CN(c2ccc(C(=O)O)cc2F)C1. The Balaban J connectivity index is 2.11. The molecule has 0 amide bonds. The van der Waals surface area contributed by atoms with Gasteiger partial charge in [-0.05, 0) is 29.5 Å². The van der Waals surface area contributed by atoms with Crippen LogP contribution < -0.4 is 4.90 Å².